The summed E-state index contributed by atoms with van der Waals surface area (Å²) >= 11 is 0. The third-order valence-electron chi connectivity index (χ3n) is 5.27. The van der Waals surface area contributed by atoms with Gasteiger partial charge in [0.05, 0.1) is 12.8 Å². The van der Waals surface area contributed by atoms with Gasteiger partial charge in [0.25, 0.3) is 0 Å². The summed E-state index contributed by atoms with van der Waals surface area (Å²) in [4.78, 5) is 7.12. The highest BCUT2D eigenvalue weighted by Gasteiger charge is 2.10. The Morgan fingerprint density at radius 3 is 2.43 bits per heavy atom. The molecule has 0 amide bonds. The van der Waals surface area contributed by atoms with Crippen LogP contribution in [0.3, 0.4) is 0 Å². The summed E-state index contributed by atoms with van der Waals surface area (Å²) in [6.07, 6.45) is 0. The van der Waals surface area contributed by atoms with Crippen molar-refractivity contribution >= 4 is 22.3 Å². The van der Waals surface area contributed by atoms with E-state index < -0.39 is 0 Å². The third kappa shape index (κ3) is 4.23. The molecule has 0 bridgehead atoms. The molecule has 0 aliphatic heterocycles. The Morgan fingerprint density at radius 2 is 1.73 bits per heavy atom. The largest absolute Gasteiger partial charge is 0.497 e. The van der Waals surface area contributed by atoms with Crippen LogP contribution in [0, 0.1) is 6.92 Å². The van der Waals surface area contributed by atoms with E-state index >= 15 is 0 Å². The molecule has 30 heavy (non-hydrogen) atoms. The molecule has 3 aromatic carbocycles. The highest BCUT2D eigenvalue weighted by atomic mass is 16.5. The molecular formula is C26H27N3O. The molecule has 0 aliphatic carbocycles. The Bertz CT molecular complexity index is 1170. The second-order valence-corrected chi connectivity index (χ2v) is 7.73. The number of nitrogens with one attached hydrogen (secondary N) is 1. The van der Waals surface area contributed by atoms with Crippen LogP contribution in [0.15, 0.2) is 72.8 Å². The van der Waals surface area contributed by atoms with Crippen molar-refractivity contribution in [3.05, 3.63) is 83.9 Å². The number of hydrogen-bond acceptors (Lipinski definition) is 4. The molecule has 152 valence electrons. The molecule has 0 spiro atoms. The van der Waals surface area contributed by atoms with E-state index in [1.807, 2.05) is 12.1 Å². The summed E-state index contributed by atoms with van der Waals surface area (Å²) in [5.41, 5.74) is 5.66. The molecule has 1 N–H and O–H groups in total. The van der Waals surface area contributed by atoms with Crippen molar-refractivity contribution in [3.8, 4) is 17.0 Å². The Hall–Kier alpha value is -3.53. The zero-order valence-electron chi connectivity index (χ0n) is 17.9. The lowest BCUT2D eigenvalue weighted by Crippen LogP contribution is -2.09. The van der Waals surface area contributed by atoms with Gasteiger partial charge in [-0.05, 0) is 54.3 Å². The SMILES string of the molecule is COc1ccc(CNc2nc(-c3cccc(C)c3)cc3ccc(N(C)C)cc23)cc1. The Labute approximate surface area is 178 Å². The monoisotopic (exact) mass is 397 g/mol. The minimum absolute atomic E-state index is 0.690. The highest BCUT2D eigenvalue weighted by molar-refractivity contribution is 5.96. The van der Waals surface area contributed by atoms with E-state index in [2.05, 4.69) is 91.9 Å². The van der Waals surface area contributed by atoms with Crippen molar-refractivity contribution in [3.63, 3.8) is 0 Å². The molecule has 4 heteroatoms. The lowest BCUT2D eigenvalue weighted by Gasteiger charge is -2.16. The summed E-state index contributed by atoms with van der Waals surface area (Å²) in [5, 5.41) is 5.85. The zero-order chi connectivity index (χ0) is 21.1. The number of methoxy groups -OCH3 is 1. The number of pyridine rings is 1. The van der Waals surface area contributed by atoms with Crippen molar-refractivity contribution < 1.29 is 4.74 Å². The van der Waals surface area contributed by atoms with Crippen molar-refractivity contribution in [1.29, 1.82) is 0 Å². The van der Waals surface area contributed by atoms with E-state index in [4.69, 9.17) is 9.72 Å². The number of rotatable bonds is 6. The molecule has 4 rings (SSSR count). The number of aromatic nitrogens is 1. The molecule has 0 saturated heterocycles. The topological polar surface area (TPSA) is 37.4 Å². The van der Waals surface area contributed by atoms with Crippen LogP contribution in [0.2, 0.25) is 0 Å². The molecule has 0 atom stereocenters. The molecule has 0 unspecified atom stereocenters. The number of hydrogen-bond donors (Lipinski definition) is 1. The predicted octanol–water partition coefficient (Wildman–Crippen LogP) is 5.90. The molecule has 0 saturated carbocycles. The Balaban J connectivity index is 1.75. The van der Waals surface area contributed by atoms with Gasteiger partial charge in [0, 0.05) is 37.3 Å². The summed E-state index contributed by atoms with van der Waals surface area (Å²) in [5.74, 6) is 1.75. The lowest BCUT2D eigenvalue weighted by atomic mass is 10.0. The maximum absolute atomic E-state index is 5.26. The first kappa shape index (κ1) is 19.8. The van der Waals surface area contributed by atoms with Gasteiger partial charge in [-0.2, -0.15) is 0 Å². The minimum atomic E-state index is 0.690. The smallest absolute Gasteiger partial charge is 0.134 e. The van der Waals surface area contributed by atoms with Crippen LogP contribution < -0.4 is 15.0 Å². The molecule has 1 aromatic heterocycles. The van der Waals surface area contributed by atoms with Crippen LogP contribution in [0.4, 0.5) is 11.5 Å². The number of fused-ring (bicyclic) bond motifs is 1. The van der Waals surface area contributed by atoms with Gasteiger partial charge in [-0.3, -0.25) is 0 Å². The van der Waals surface area contributed by atoms with E-state index in [0.717, 1.165) is 33.9 Å². The molecule has 4 nitrogen and oxygen atoms in total. The Morgan fingerprint density at radius 1 is 0.933 bits per heavy atom. The van der Waals surface area contributed by atoms with Gasteiger partial charge in [-0.1, -0.05) is 42.0 Å². The van der Waals surface area contributed by atoms with Crippen molar-refractivity contribution in [2.24, 2.45) is 0 Å². The van der Waals surface area contributed by atoms with E-state index in [1.54, 1.807) is 7.11 Å². The standard InChI is InChI=1S/C26H27N3O/c1-18-6-5-7-21(14-18)25-15-20-10-11-22(29(2)3)16-24(20)26(28-25)27-17-19-8-12-23(30-4)13-9-19/h5-16H,17H2,1-4H3,(H,27,28). The molecule has 0 aliphatic rings. The van der Waals surface area contributed by atoms with Crippen molar-refractivity contribution in [1.82, 2.24) is 4.98 Å². The number of ether oxygens (including phenoxy) is 1. The van der Waals surface area contributed by atoms with Crippen LogP contribution in [-0.2, 0) is 6.54 Å². The van der Waals surface area contributed by atoms with E-state index in [-0.39, 0.29) is 0 Å². The van der Waals surface area contributed by atoms with Gasteiger partial charge in [-0.15, -0.1) is 0 Å². The average molecular weight is 398 g/mol. The number of anilines is 2. The molecule has 0 fully saturated rings. The minimum Gasteiger partial charge on any atom is -0.497 e. The van der Waals surface area contributed by atoms with Crippen LogP contribution in [0.5, 0.6) is 5.75 Å². The summed E-state index contributed by atoms with van der Waals surface area (Å²) in [6, 6.07) is 25.3. The molecule has 4 aromatic rings. The van der Waals surface area contributed by atoms with E-state index in [0.29, 0.717) is 6.54 Å². The van der Waals surface area contributed by atoms with Crippen molar-refractivity contribution in [2.45, 2.75) is 13.5 Å². The summed E-state index contributed by atoms with van der Waals surface area (Å²) in [6.45, 7) is 2.80. The maximum Gasteiger partial charge on any atom is 0.134 e. The van der Waals surface area contributed by atoms with Gasteiger partial charge in [-0.25, -0.2) is 4.98 Å². The van der Waals surface area contributed by atoms with E-state index in [9.17, 15) is 0 Å². The van der Waals surface area contributed by atoms with Crippen LogP contribution in [0.1, 0.15) is 11.1 Å². The third-order valence-corrected chi connectivity index (χ3v) is 5.27. The summed E-state index contributed by atoms with van der Waals surface area (Å²) < 4.78 is 5.26. The Kier molecular flexibility index (Phi) is 5.57. The first-order valence-corrected chi connectivity index (χ1v) is 10.1. The number of benzene rings is 3. The normalized spacial score (nSPS) is 10.8. The summed E-state index contributed by atoms with van der Waals surface area (Å²) in [7, 11) is 5.79. The van der Waals surface area contributed by atoms with Gasteiger partial charge >= 0.3 is 0 Å². The number of nitrogens with zero attached hydrogens (tertiary/aromatic N) is 2. The average Bonchev–Trinajstić information content (AvgIpc) is 2.77. The van der Waals surface area contributed by atoms with Crippen LogP contribution in [-0.4, -0.2) is 26.2 Å². The second-order valence-electron chi connectivity index (χ2n) is 7.73. The lowest BCUT2D eigenvalue weighted by molar-refractivity contribution is 0.414. The fraction of sp³-hybridized carbons (Fsp3) is 0.192. The van der Waals surface area contributed by atoms with Gasteiger partial charge < -0.3 is 15.0 Å². The zero-order valence-corrected chi connectivity index (χ0v) is 17.9. The predicted molar refractivity (Wildman–Crippen MR) is 127 cm³/mol. The van der Waals surface area contributed by atoms with Gasteiger partial charge in [0.1, 0.15) is 11.6 Å². The molecular weight excluding hydrogens is 370 g/mol. The second kappa shape index (κ2) is 8.46. The van der Waals surface area contributed by atoms with Crippen molar-refractivity contribution in [2.75, 3.05) is 31.4 Å². The fourth-order valence-electron chi connectivity index (χ4n) is 3.53. The van der Waals surface area contributed by atoms with Crippen LogP contribution in [0.25, 0.3) is 22.0 Å². The van der Waals surface area contributed by atoms with Crippen LogP contribution >= 0.6 is 0 Å². The highest BCUT2D eigenvalue weighted by Crippen LogP contribution is 2.31. The maximum atomic E-state index is 5.26. The first-order chi connectivity index (χ1) is 14.5. The number of aryl methyl sites for hydroxylation is 1. The fourth-order valence-corrected chi connectivity index (χ4v) is 3.53. The van der Waals surface area contributed by atoms with E-state index in [1.165, 1.54) is 16.5 Å². The first-order valence-electron chi connectivity index (χ1n) is 10.1. The molecule has 0 radical (unpaired) electrons. The molecule has 1 heterocycles. The van der Waals surface area contributed by atoms with Gasteiger partial charge in [0.2, 0.25) is 0 Å². The van der Waals surface area contributed by atoms with Gasteiger partial charge in [0.15, 0.2) is 0 Å². The quantitative estimate of drug-likeness (QED) is 0.440.